The van der Waals surface area contributed by atoms with Crippen LogP contribution in [0.25, 0.3) is 0 Å². The van der Waals surface area contributed by atoms with Crippen LogP contribution in [-0.2, 0) is 14.3 Å². The third-order valence-electron chi connectivity index (χ3n) is 3.18. The summed E-state index contributed by atoms with van der Waals surface area (Å²) in [7, 11) is 0. The summed E-state index contributed by atoms with van der Waals surface area (Å²) in [6.45, 7) is 0.768. The molecule has 1 aliphatic heterocycles. The van der Waals surface area contributed by atoms with E-state index >= 15 is 0 Å². The van der Waals surface area contributed by atoms with Gasteiger partial charge in [0.05, 0.1) is 31.2 Å². The standard InChI is InChI=1S/C14H15Cl2NO5/c15-9-2-1-3-10(13(9)16)21-6-4-12(18)17-5-7-22-11(8-17)14(19)20/h1-3,11H,4-8H2,(H,19,20)/t11-/m0/s1. The summed E-state index contributed by atoms with van der Waals surface area (Å²) in [4.78, 5) is 24.4. The Morgan fingerprint density at radius 3 is 2.91 bits per heavy atom. The Morgan fingerprint density at radius 1 is 1.41 bits per heavy atom. The number of hydrogen-bond donors (Lipinski definition) is 1. The third-order valence-corrected chi connectivity index (χ3v) is 3.99. The van der Waals surface area contributed by atoms with Crippen LogP contribution in [0.3, 0.4) is 0 Å². The van der Waals surface area contributed by atoms with E-state index in [0.29, 0.717) is 22.3 Å². The molecule has 0 aromatic heterocycles. The minimum absolute atomic E-state index is 0.0477. The molecule has 1 aliphatic rings. The third kappa shape index (κ3) is 4.25. The van der Waals surface area contributed by atoms with E-state index in [1.54, 1.807) is 18.2 Å². The van der Waals surface area contributed by atoms with Gasteiger partial charge in [-0.1, -0.05) is 29.3 Å². The smallest absolute Gasteiger partial charge is 0.334 e. The van der Waals surface area contributed by atoms with Crippen LogP contribution >= 0.6 is 23.2 Å². The maximum atomic E-state index is 12.0. The van der Waals surface area contributed by atoms with Gasteiger partial charge in [0.25, 0.3) is 0 Å². The molecular weight excluding hydrogens is 333 g/mol. The highest BCUT2D eigenvalue weighted by molar-refractivity contribution is 6.42. The molecule has 1 amide bonds. The Labute approximate surface area is 137 Å². The highest BCUT2D eigenvalue weighted by atomic mass is 35.5. The van der Waals surface area contributed by atoms with Crippen LogP contribution in [0.15, 0.2) is 18.2 Å². The molecule has 0 bridgehead atoms. The molecule has 0 unspecified atom stereocenters. The Hall–Kier alpha value is -1.50. The lowest BCUT2D eigenvalue weighted by Gasteiger charge is -2.30. The molecule has 2 rings (SSSR count). The van der Waals surface area contributed by atoms with Crippen molar-refractivity contribution in [1.82, 2.24) is 4.90 Å². The number of amides is 1. The summed E-state index contributed by atoms with van der Waals surface area (Å²) < 4.78 is 10.5. The zero-order valence-corrected chi connectivity index (χ0v) is 13.1. The average Bonchev–Trinajstić information content (AvgIpc) is 2.51. The minimum atomic E-state index is -1.07. The van der Waals surface area contributed by atoms with Gasteiger partial charge in [0.1, 0.15) is 10.8 Å². The van der Waals surface area contributed by atoms with Crippen LogP contribution in [0.1, 0.15) is 6.42 Å². The molecule has 1 N–H and O–H groups in total. The Balaban J connectivity index is 1.82. The lowest BCUT2D eigenvalue weighted by molar-refractivity contribution is -0.159. The molecule has 1 aromatic rings. The first-order chi connectivity index (χ1) is 10.5. The number of carbonyl (C=O) groups excluding carboxylic acids is 1. The van der Waals surface area contributed by atoms with Gasteiger partial charge in [-0.2, -0.15) is 0 Å². The van der Waals surface area contributed by atoms with Crippen molar-refractivity contribution in [3.63, 3.8) is 0 Å². The predicted molar refractivity (Wildman–Crippen MR) is 80.5 cm³/mol. The lowest BCUT2D eigenvalue weighted by atomic mass is 10.2. The molecule has 8 heteroatoms. The summed E-state index contributed by atoms with van der Waals surface area (Å²) >= 11 is 11.8. The van der Waals surface area contributed by atoms with E-state index in [4.69, 9.17) is 37.8 Å². The molecule has 0 radical (unpaired) electrons. The molecule has 1 fully saturated rings. The van der Waals surface area contributed by atoms with Crippen molar-refractivity contribution in [2.75, 3.05) is 26.3 Å². The van der Waals surface area contributed by atoms with Crippen LogP contribution in [0, 0.1) is 0 Å². The number of hydrogen-bond acceptors (Lipinski definition) is 4. The first kappa shape index (κ1) is 16.9. The van der Waals surface area contributed by atoms with Crippen molar-refractivity contribution >= 4 is 35.1 Å². The lowest BCUT2D eigenvalue weighted by Crippen LogP contribution is -2.48. The number of carbonyl (C=O) groups is 2. The largest absolute Gasteiger partial charge is 0.491 e. The van der Waals surface area contributed by atoms with E-state index in [1.165, 1.54) is 4.90 Å². The average molecular weight is 348 g/mol. The maximum Gasteiger partial charge on any atom is 0.334 e. The van der Waals surface area contributed by atoms with Crippen molar-refractivity contribution < 1.29 is 24.2 Å². The first-order valence-corrected chi connectivity index (χ1v) is 7.43. The number of benzene rings is 1. The van der Waals surface area contributed by atoms with E-state index < -0.39 is 12.1 Å². The Bertz CT molecular complexity index is 566. The molecule has 0 saturated carbocycles. The molecule has 6 nitrogen and oxygen atoms in total. The fourth-order valence-corrected chi connectivity index (χ4v) is 2.37. The number of halogens is 2. The summed E-state index contributed by atoms with van der Waals surface area (Å²) in [6, 6.07) is 5.00. The maximum absolute atomic E-state index is 12.0. The summed E-state index contributed by atoms with van der Waals surface area (Å²) in [5, 5.41) is 9.58. The van der Waals surface area contributed by atoms with E-state index in [9.17, 15) is 9.59 Å². The van der Waals surface area contributed by atoms with Gasteiger partial charge in [-0.25, -0.2) is 4.79 Å². The molecule has 1 heterocycles. The normalized spacial score (nSPS) is 18.1. The first-order valence-electron chi connectivity index (χ1n) is 6.68. The molecular formula is C14H15Cl2NO5. The van der Waals surface area contributed by atoms with E-state index in [-0.39, 0.29) is 32.1 Å². The number of morpholine rings is 1. The molecule has 1 atom stereocenters. The molecule has 0 aliphatic carbocycles. The molecule has 1 aromatic carbocycles. The quantitative estimate of drug-likeness (QED) is 0.882. The number of carboxylic acid groups (broad SMARTS) is 1. The summed E-state index contributed by atoms with van der Waals surface area (Å²) in [5.41, 5.74) is 0. The SMILES string of the molecule is O=C(O)[C@@H]1CN(C(=O)CCOc2cccc(Cl)c2Cl)CCO1. The fourth-order valence-electron chi connectivity index (χ4n) is 2.03. The van der Waals surface area contributed by atoms with Gasteiger partial charge in [0.15, 0.2) is 6.10 Å². The van der Waals surface area contributed by atoms with Gasteiger partial charge in [-0.05, 0) is 12.1 Å². The van der Waals surface area contributed by atoms with Crippen LogP contribution in [0.5, 0.6) is 5.75 Å². The highest BCUT2D eigenvalue weighted by Gasteiger charge is 2.28. The number of rotatable bonds is 5. The van der Waals surface area contributed by atoms with Crippen LogP contribution in [0.2, 0.25) is 10.0 Å². The van der Waals surface area contributed by atoms with Crippen LogP contribution in [0.4, 0.5) is 0 Å². The van der Waals surface area contributed by atoms with Gasteiger partial charge in [0, 0.05) is 6.54 Å². The van der Waals surface area contributed by atoms with Gasteiger partial charge >= 0.3 is 5.97 Å². The Morgan fingerprint density at radius 2 is 2.18 bits per heavy atom. The van der Waals surface area contributed by atoms with Gasteiger partial charge in [0.2, 0.25) is 5.91 Å². The Kier molecular flexibility index (Phi) is 5.88. The number of aliphatic carboxylic acids is 1. The van der Waals surface area contributed by atoms with E-state index in [2.05, 4.69) is 0 Å². The van der Waals surface area contributed by atoms with Gasteiger partial charge in [-0.15, -0.1) is 0 Å². The zero-order chi connectivity index (χ0) is 16.1. The van der Waals surface area contributed by atoms with Gasteiger partial charge in [-0.3, -0.25) is 4.79 Å². The number of carboxylic acids is 1. The fraction of sp³-hybridized carbons (Fsp3) is 0.429. The highest BCUT2D eigenvalue weighted by Crippen LogP contribution is 2.31. The minimum Gasteiger partial charge on any atom is -0.491 e. The topological polar surface area (TPSA) is 76.1 Å². The molecule has 120 valence electrons. The molecule has 22 heavy (non-hydrogen) atoms. The molecule has 1 saturated heterocycles. The van der Waals surface area contributed by atoms with Crippen molar-refractivity contribution in [3.05, 3.63) is 28.2 Å². The second-order valence-electron chi connectivity index (χ2n) is 4.69. The predicted octanol–water partition coefficient (Wildman–Crippen LogP) is 2.07. The van der Waals surface area contributed by atoms with Crippen molar-refractivity contribution in [3.8, 4) is 5.75 Å². The van der Waals surface area contributed by atoms with Crippen molar-refractivity contribution in [2.45, 2.75) is 12.5 Å². The van der Waals surface area contributed by atoms with Crippen molar-refractivity contribution in [2.24, 2.45) is 0 Å². The number of nitrogens with zero attached hydrogens (tertiary/aromatic N) is 1. The van der Waals surface area contributed by atoms with Crippen LogP contribution < -0.4 is 4.74 Å². The van der Waals surface area contributed by atoms with Crippen molar-refractivity contribution in [1.29, 1.82) is 0 Å². The summed E-state index contributed by atoms with van der Waals surface area (Å²) in [5.74, 6) is -0.848. The number of ether oxygens (including phenoxy) is 2. The summed E-state index contributed by atoms with van der Waals surface area (Å²) in [6.07, 6.45) is -0.851. The monoisotopic (exact) mass is 347 g/mol. The second kappa shape index (κ2) is 7.67. The van der Waals surface area contributed by atoms with E-state index in [1.807, 2.05) is 0 Å². The van der Waals surface area contributed by atoms with Crippen LogP contribution in [-0.4, -0.2) is 54.3 Å². The molecule has 0 spiro atoms. The van der Waals surface area contributed by atoms with E-state index in [0.717, 1.165) is 0 Å². The second-order valence-corrected chi connectivity index (χ2v) is 5.47. The zero-order valence-electron chi connectivity index (χ0n) is 11.6. The van der Waals surface area contributed by atoms with Gasteiger partial charge < -0.3 is 19.5 Å².